The first-order valence-electron chi connectivity index (χ1n) is 8.97. The van der Waals surface area contributed by atoms with Crippen molar-refractivity contribution in [3.63, 3.8) is 0 Å². The van der Waals surface area contributed by atoms with Crippen molar-refractivity contribution in [2.24, 2.45) is 7.05 Å². The summed E-state index contributed by atoms with van der Waals surface area (Å²) in [5.41, 5.74) is -0.438. The van der Waals surface area contributed by atoms with Crippen molar-refractivity contribution in [1.82, 2.24) is 24.6 Å². The van der Waals surface area contributed by atoms with E-state index in [1.54, 1.807) is 0 Å². The van der Waals surface area contributed by atoms with Gasteiger partial charge in [0.2, 0.25) is 0 Å². The van der Waals surface area contributed by atoms with Crippen molar-refractivity contribution in [3.8, 4) is 0 Å². The number of rotatable bonds is 5. The molecule has 2 fully saturated rings. The first-order chi connectivity index (χ1) is 11.0. The Kier molecular flexibility index (Phi) is 5.04. The summed E-state index contributed by atoms with van der Waals surface area (Å²) in [6.07, 6.45) is 6.76. The molecule has 6 nitrogen and oxygen atoms in total. The van der Waals surface area contributed by atoms with E-state index in [1.807, 2.05) is 14.0 Å². The lowest BCUT2D eigenvalue weighted by molar-refractivity contribution is -0.0225. The molecule has 1 saturated heterocycles. The molecule has 3 rings (SSSR count). The van der Waals surface area contributed by atoms with E-state index in [9.17, 15) is 5.11 Å². The summed E-state index contributed by atoms with van der Waals surface area (Å²) < 4.78 is 2.06. The van der Waals surface area contributed by atoms with Crippen LogP contribution in [0.25, 0.3) is 0 Å². The van der Waals surface area contributed by atoms with Crippen LogP contribution in [0, 0.1) is 6.92 Å². The van der Waals surface area contributed by atoms with Crippen LogP contribution in [-0.2, 0) is 13.6 Å². The van der Waals surface area contributed by atoms with Gasteiger partial charge in [-0.05, 0) is 39.8 Å². The maximum atomic E-state index is 10.8. The fourth-order valence-corrected chi connectivity index (χ4v) is 4.04. The lowest BCUT2D eigenvalue weighted by atomic mass is 9.84. The molecule has 1 aromatic heterocycles. The number of aryl methyl sites for hydroxylation is 1. The molecular formula is C17H31N5O. The molecule has 0 bridgehead atoms. The van der Waals surface area contributed by atoms with Gasteiger partial charge in [-0.2, -0.15) is 0 Å². The number of nitrogens with zero attached hydrogens (tertiary/aromatic N) is 5. The highest BCUT2D eigenvalue weighted by Gasteiger charge is 2.35. The van der Waals surface area contributed by atoms with E-state index in [0.717, 1.165) is 50.7 Å². The molecule has 23 heavy (non-hydrogen) atoms. The van der Waals surface area contributed by atoms with Gasteiger partial charge in [0.25, 0.3) is 0 Å². The third kappa shape index (κ3) is 3.92. The number of likely N-dealkylation sites (N-methyl/N-ethyl adjacent to an activating group) is 1. The van der Waals surface area contributed by atoms with Crippen molar-refractivity contribution < 1.29 is 5.11 Å². The molecule has 2 aliphatic rings. The molecule has 0 aromatic carbocycles. The van der Waals surface area contributed by atoms with Gasteiger partial charge >= 0.3 is 0 Å². The Morgan fingerprint density at radius 3 is 2.65 bits per heavy atom. The monoisotopic (exact) mass is 321 g/mol. The van der Waals surface area contributed by atoms with E-state index in [0.29, 0.717) is 6.04 Å². The predicted molar refractivity (Wildman–Crippen MR) is 90.1 cm³/mol. The Bertz CT molecular complexity index is 523. The van der Waals surface area contributed by atoms with Gasteiger partial charge in [0.15, 0.2) is 0 Å². The van der Waals surface area contributed by atoms with Crippen LogP contribution in [-0.4, -0.2) is 68.0 Å². The Morgan fingerprint density at radius 1 is 1.26 bits per heavy atom. The normalized spacial score (nSPS) is 25.3. The van der Waals surface area contributed by atoms with Crippen molar-refractivity contribution in [2.75, 3.05) is 26.7 Å². The summed E-state index contributed by atoms with van der Waals surface area (Å²) in [7, 11) is 4.20. The fraction of sp³-hybridized carbons (Fsp3) is 0.882. The average molecular weight is 321 g/mol. The van der Waals surface area contributed by atoms with Gasteiger partial charge in [-0.15, -0.1) is 10.2 Å². The molecule has 0 unspecified atom stereocenters. The molecule has 1 aromatic rings. The highest BCUT2D eigenvalue weighted by molar-refractivity contribution is 4.95. The lowest BCUT2D eigenvalue weighted by Crippen LogP contribution is -2.44. The number of hydrogen-bond donors (Lipinski definition) is 1. The number of aliphatic hydroxyl groups is 1. The third-order valence-corrected chi connectivity index (χ3v) is 5.75. The minimum Gasteiger partial charge on any atom is -0.389 e. The molecule has 1 atom stereocenters. The van der Waals surface area contributed by atoms with Crippen LogP contribution < -0.4 is 0 Å². The quantitative estimate of drug-likeness (QED) is 0.886. The Balaban J connectivity index is 1.51. The smallest absolute Gasteiger partial charge is 0.146 e. The number of hydrogen-bond acceptors (Lipinski definition) is 5. The van der Waals surface area contributed by atoms with Crippen LogP contribution in [0.5, 0.6) is 0 Å². The molecule has 1 aliphatic carbocycles. The Hall–Kier alpha value is -0.980. The van der Waals surface area contributed by atoms with E-state index in [4.69, 9.17) is 0 Å². The zero-order valence-corrected chi connectivity index (χ0v) is 14.8. The molecule has 1 N–H and O–H groups in total. The first-order valence-corrected chi connectivity index (χ1v) is 8.97. The topological polar surface area (TPSA) is 57.4 Å². The Morgan fingerprint density at radius 2 is 2.00 bits per heavy atom. The van der Waals surface area contributed by atoms with Gasteiger partial charge < -0.3 is 9.67 Å². The zero-order valence-electron chi connectivity index (χ0n) is 14.8. The van der Waals surface area contributed by atoms with E-state index in [2.05, 4.69) is 31.6 Å². The van der Waals surface area contributed by atoms with Gasteiger partial charge in [-0.3, -0.25) is 9.80 Å². The van der Waals surface area contributed by atoms with E-state index in [1.165, 1.54) is 25.7 Å². The number of β-amino-alcohol motifs (C(OH)–C–C–N with tert-alkyl or cyclic N) is 1. The predicted octanol–water partition coefficient (Wildman–Crippen LogP) is 1.32. The van der Waals surface area contributed by atoms with Crippen molar-refractivity contribution in [1.29, 1.82) is 0 Å². The summed E-state index contributed by atoms with van der Waals surface area (Å²) in [6.45, 7) is 5.81. The molecule has 1 aliphatic heterocycles. The van der Waals surface area contributed by atoms with Crippen LogP contribution in [0.15, 0.2) is 0 Å². The van der Waals surface area contributed by atoms with Crippen LogP contribution in [0.2, 0.25) is 0 Å². The molecule has 1 saturated carbocycles. The minimum atomic E-state index is -0.438. The molecule has 130 valence electrons. The average Bonchev–Trinajstić information content (AvgIpc) is 3.09. The van der Waals surface area contributed by atoms with Crippen LogP contribution in [0.4, 0.5) is 0 Å². The largest absolute Gasteiger partial charge is 0.389 e. The van der Waals surface area contributed by atoms with E-state index >= 15 is 0 Å². The summed E-state index contributed by atoms with van der Waals surface area (Å²) in [5, 5.41) is 19.2. The van der Waals surface area contributed by atoms with Gasteiger partial charge in [0, 0.05) is 26.2 Å². The highest BCUT2D eigenvalue weighted by Crippen LogP contribution is 2.30. The lowest BCUT2D eigenvalue weighted by Gasteiger charge is -2.35. The standard InChI is InChI=1S/C17H31N5O/c1-14-18-19-16(21(14)3)12-20(2)15-7-10-22(11-15)13-17(23)8-5-4-6-9-17/h15,23H,4-13H2,1-3H3/t15-/m1/s1. The maximum Gasteiger partial charge on any atom is 0.146 e. The summed E-state index contributed by atoms with van der Waals surface area (Å²) in [6, 6.07) is 0.541. The SMILES string of the molecule is Cc1nnc(CN(C)[C@@H]2CCN(CC3(O)CCCCC3)C2)n1C. The molecule has 6 heteroatoms. The van der Waals surface area contributed by atoms with Crippen LogP contribution in [0.1, 0.15) is 50.2 Å². The van der Waals surface area contributed by atoms with Gasteiger partial charge in [-0.1, -0.05) is 19.3 Å². The molecular weight excluding hydrogens is 290 g/mol. The van der Waals surface area contributed by atoms with Crippen molar-refractivity contribution in [3.05, 3.63) is 11.6 Å². The second-order valence-corrected chi connectivity index (χ2v) is 7.60. The van der Waals surface area contributed by atoms with E-state index < -0.39 is 5.60 Å². The van der Waals surface area contributed by atoms with Gasteiger partial charge in [0.05, 0.1) is 12.1 Å². The van der Waals surface area contributed by atoms with Crippen LogP contribution in [0.3, 0.4) is 0 Å². The van der Waals surface area contributed by atoms with Crippen LogP contribution >= 0.6 is 0 Å². The second kappa shape index (κ2) is 6.87. The third-order valence-electron chi connectivity index (χ3n) is 5.75. The van der Waals surface area contributed by atoms with Gasteiger partial charge in [-0.25, -0.2) is 0 Å². The van der Waals surface area contributed by atoms with E-state index in [-0.39, 0.29) is 0 Å². The molecule has 0 spiro atoms. The highest BCUT2D eigenvalue weighted by atomic mass is 16.3. The second-order valence-electron chi connectivity index (χ2n) is 7.60. The summed E-state index contributed by atoms with van der Waals surface area (Å²) in [5.74, 6) is 1.98. The van der Waals surface area contributed by atoms with Crippen molar-refractivity contribution >= 4 is 0 Å². The van der Waals surface area contributed by atoms with Crippen molar-refractivity contribution in [2.45, 2.75) is 63.6 Å². The molecule has 0 radical (unpaired) electrons. The Labute approximate surface area is 139 Å². The first kappa shape index (κ1) is 16.9. The molecule has 2 heterocycles. The zero-order chi connectivity index (χ0) is 16.4. The number of likely N-dealkylation sites (tertiary alicyclic amines) is 1. The minimum absolute atomic E-state index is 0.438. The molecule has 0 amide bonds. The number of aromatic nitrogens is 3. The fourth-order valence-electron chi connectivity index (χ4n) is 4.04. The summed E-state index contributed by atoms with van der Waals surface area (Å²) in [4.78, 5) is 4.84. The maximum absolute atomic E-state index is 10.8. The summed E-state index contributed by atoms with van der Waals surface area (Å²) >= 11 is 0. The van der Waals surface area contributed by atoms with Gasteiger partial charge in [0.1, 0.15) is 11.6 Å².